The van der Waals surface area contributed by atoms with Gasteiger partial charge in [-0.25, -0.2) is 0 Å². The van der Waals surface area contributed by atoms with Crippen LogP contribution < -0.4 is 0 Å². The summed E-state index contributed by atoms with van der Waals surface area (Å²) in [5.74, 6) is 0.882. The van der Waals surface area contributed by atoms with E-state index >= 15 is 0 Å². The first-order chi connectivity index (χ1) is 9.91. The predicted molar refractivity (Wildman–Crippen MR) is 92.8 cm³/mol. The number of benzene rings is 2. The van der Waals surface area contributed by atoms with Crippen molar-refractivity contribution in [3.63, 3.8) is 0 Å². The molecule has 0 amide bonds. The van der Waals surface area contributed by atoms with Gasteiger partial charge in [-0.05, 0) is 40.2 Å². The molecule has 1 N–H and O–H groups in total. The molecule has 0 aliphatic rings. The van der Waals surface area contributed by atoms with Crippen molar-refractivity contribution in [2.75, 3.05) is 0 Å². The zero-order chi connectivity index (χ0) is 15.6. The molecule has 2 rings (SSSR count). The molecule has 1 atom stereocenters. The van der Waals surface area contributed by atoms with E-state index < -0.39 is 6.10 Å². The summed E-state index contributed by atoms with van der Waals surface area (Å²) in [6.07, 6.45) is -0.598. The molecule has 2 aromatic carbocycles. The van der Waals surface area contributed by atoms with Crippen molar-refractivity contribution < 1.29 is 5.11 Å². The first-order valence-corrected chi connectivity index (χ1v) is 8.27. The van der Waals surface area contributed by atoms with E-state index in [0.29, 0.717) is 11.8 Å². The van der Waals surface area contributed by atoms with Gasteiger partial charge in [0.1, 0.15) is 6.10 Å². The molecule has 112 valence electrons. The molecule has 0 aliphatic carbocycles. The maximum absolute atomic E-state index is 10.8. The summed E-state index contributed by atoms with van der Waals surface area (Å²) in [5, 5.41) is 10.8. The zero-order valence-corrected chi connectivity index (χ0v) is 14.7. The Hall–Kier alpha value is -1.12. The Kier molecular flexibility index (Phi) is 5.23. The zero-order valence-electron chi connectivity index (χ0n) is 13.1. The van der Waals surface area contributed by atoms with E-state index in [1.54, 1.807) is 0 Å². The maximum atomic E-state index is 10.8. The third-order valence-electron chi connectivity index (χ3n) is 3.89. The fourth-order valence-electron chi connectivity index (χ4n) is 2.57. The average molecular weight is 347 g/mol. The number of hydrogen-bond donors (Lipinski definition) is 1. The highest BCUT2D eigenvalue weighted by Gasteiger charge is 2.19. The van der Waals surface area contributed by atoms with E-state index in [2.05, 4.69) is 61.8 Å². The minimum atomic E-state index is -0.598. The van der Waals surface area contributed by atoms with Gasteiger partial charge in [0.2, 0.25) is 0 Å². The van der Waals surface area contributed by atoms with Crippen LogP contribution >= 0.6 is 15.9 Å². The third-order valence-corrected chi connectivity index (χ3v) is 4.62. The fraction of sp³-hybridized carbons (Fsp3) is 0.368. The normalized spacial score (nSPS) is 13.0. The van der Waals surface area contributed by atoms with E-state index in [0.717, 1.165) is 15.6 Å². The van der Waals surface area contributed by atoms with Crippen LogP contribution in [-0.2, 0) is 0 Å². The van der Waals surface area contributed by atoms with Crippen LogP contribution in [0.3, 0.4) is 0 Å². The van der Waals surface area contributed by atoms with Crippen molar-refractivity contribution in [2.45, 2.75) is 45.6 Å². The smallest absolute Gasteiger partial charge is 0.105 e. The topological polar surface area (TPSA) is 20.2 Å². The van der Waals surface area contributed by atoms with E-state index in [9.17, 15) is 5.11 Å². The largest absolute Gasteiger partial charge is 0.384 e. The molecule has 0 spiro atoms. The number of halogens is 1. The molecule has 1 unspecified atom stereocenters. The third kappa shape index (κ3) is 3.56. The summed E-state index contributed by atoms with van der Waals surface area (Å²) in [5.41, 5.74) is 4.46. The standard InChI is InChI=1S/C19H23BrO/c1-12(2)14-9-10-15(17(11-14)13(3)4)19(21)16-7-5-6-8-18(16)20/h5-13,19,21H,1-4H3. The fourth-order valence-corrected chi connectivity index (χ4v) is 3.07. The Morgan fingerprint density at radius 3 is 2.05 bits per heavy atom. The van der Waals surface area contributed by atoms with Crippen molar-refractivity contribution in [3.8, 4) is 0 Å². The van der Waals surface area contributed by atoms with Crippen molar-refractivity contribution in [1.29, 1.82) is 0 Å². The lowest BCUT2D eigenvalue weighted by Gasteiger charge is -2.21. The van der Waals surface area contributed by atoms with Crippen LogP contribution in [-0.4, -0.2) is 5.11 Å². The van der Waals surface area contributed by atoms with E-state index in [-0.39, 0.29) is 0 Å². The molecule has 0 aromatic heterocycles. The van der Waals surface area contributed by atoms with Gasteiger partial charge in [0.05, 0.1) is 0 Å². The molecule has 2 heteroatoms. The SMILES string of the molecule is CC(C)c1ccc(C(O)c2ccccc2Br)c(C(C)C)c1. The number of hydrogen-bond acceptors (Lipinski definition) is 1. The van der Waals surface area contributed by atoms with Gasteiger partial charge in [0.25, 0.3) is 0 Å². The lowest BCUT2D eigenvalue weighted by molar-refractivity contribution is 0.218. The number of rotatable bonds is 4. The summed E-state index contributed by atoms with van der Waals surface area (Å²) >= 11 is 3.53. The summed E-state index contributed by atoms with van der Waals surface area (Å²) in [6, 6.07) is 14.3. The van der Waals surface area contributed by atoms with E-state index in [1.807, 2.05) is 24.3 Å². The monoisotopic (exact) mass is 346 g/mol. The first kappa shape index (κ1) is 16.3. The second kappa shape index (κ2) is 6.76. The Morgan fingerprint density at radius 1 is 0.810 bits per heavy atom. The molecule has 1 nitrogen and oxygen atoms in total. The second-order valence-electron chi connectivity index (χ2n) is 6.12. The summed E-state index contributed by atoms with van der Waals surface area (Å²) in [7, 11) is 0. The van der Waals surface area contributed by atoms with Gasteiger partial charge >= 0.3 is 0 Å². The molecule has 0 saturated heterocycles. The van der Waals surface area contributed by atoms with Gasteiger partial charge < -0.3 is 5.11 Å². The summed E-state index contributed by atoms with van der Waals surface area (Å²) in [6.45, 7) is 8.75. The molecule has 0 bridgehead atoms. The van der Waals surface area contributed by atoms with Gasteiger partial charge in [0, 0.05) is 4.47 Å². The molecule has 0 radical (unpaired) electrons. The van der Waals surface area contributed by atoms with Crippen LogP contribution in [0, 0.1) is 0 Å². The van der Waals surface area contributed by atoms with Crippen LogP contribution in [0.2, 0.25) is 0 Å². The first-order valence-electron chi connectivity index (χ1n) is 7.48. The van der Waals surface area contributed by atoms with Crippen LogP contribution in [0.4, 0.5) is 0 Å². The minimum absolute atomic E-state index is 0.385. The lowest BCUT2D eigenvalue weighted by atomic mass is 9.87. The van der Waals surface area contributed by atoms with Crippen LogP contribution in [0.1, 0.15) is 67.9 Å². The summed E-state index contributed by atoms with van der Waals surface area (Å²) in [4.78, 5) is 0. The van der Waals surface area contributed by atoms with Gasteiger partial charge in [-0.3, -0.25) is 0 Å². The Labute approximate surface area is 136 Å². The highest BCUT2D eigenvalue weighted by atomic mass is 79.9. The van der Waals surface area contributed by atoms with Gasteiger partial charge in [0.15, 0.2) is 0 Å². The highest BCUT2D eigenvalue weighted by molar-refractivity contribution is 9.10. The number of aliphatic hydroxyl groups is 1. The Morgan fingerprint density at radius 2 is 1.48 bits per heavy atom. The average Bonchev–Trinajstić information content (AvgIpc) is 2.46. The second-order valence-corrected chi connectivity index (χ2v) is 6.98. The molecular weight excluding hydrogens is 324 g/mol. The van der Waals surface area contributed by atoms with Crippen molar-refractivity contribution >= 4 is 15.9 Å². The molecule has 0 aliphatic heterocycles. The molecule has 2 aromatic rings. The molecule has 0 heterocycles. The Bertz CT molecular complexity index is 617. The molecule has 0 saturated carbocycles. The summed E-state index contributed by atoms with van der Waals surface area (Å²) < 4.78 is 0.945. The minimum Gasteiger partial charge on any atom is -0.384 e. The predicted octanol–water partition coefficient (Wildman–Crippen LogP) is 5.78. The van der Waals surface area contributed by atoms with Crippen LogP contribution in [0.15, 0.2) is 46.9 Å². The molecule has 0 fully saturated rings. The Balaban J connectivity index is 2.50. The molecular formula is C19H23BrO. The van der Waals surface area contributed by atoms with Gasteiger partial charge in [-0.2, -0.15) is 0 Å². The lowest BCUT2D eigenvalue weighted by Crippen LogP contribution is -2.07. The number of aliphatic hydroxyl groups excluding tert-OH is 1. The van der Waals surface area contributed by atoms with Crippen molar-refractivity contribution in [3.05, 3.63) is 69.2 Å². The van der Waals surface area contributed by atoms with Crippen molar-refractivity contribution in [2.24, 2.45) is 0 Å². The van der Waals surface area contributed by atoms with Crippen LogP contribution in [0.5, 0.6) is 0 Å². The van der Waals surface area contributed by atoms with Gasteiger partial charge in [-0.15, -0.1) is 0 Å². The quantitative estimate of drug-likeness (QED) is 0.743. The molecule has 21 heavy (non-hydrogen) atoms. The maximum Gasteiger partial charge on any atom is 0.105 e. The van der Waals surface area contributed by atoms with E-state index in [1.165, 1.54) is 11.1 Å². The van der Waals surface area contributed by atoms with E-state index in [4.69, 9.17) is 0 Å². The highest BCUT2D eigenvalue weighted by Crippen LogP contribution is 2.34. The van der Waals surface area contributed by atoms with Crippen molar-refractivity contribution in [1.82, 2.24) is 0 Å². The van der Waals surface area contributed by atoms with Crippen LogP contribution in [0.25, 0.3) is 0 Å². The van der Waals surface area contributed by atoms with Gasteiger partial charge in [-0.1, -0.05) is 80.0 Å².